The zero-order chi connectivity index (χ0) is 14.8. The fourth-order valence-electron chi connectivity index (χ4n) is 2.67. The smallest absolute Gasteiger partial charge is 0.379 e. The minimum atomic E-state index is -4.25. The Balaban J connectivity index is 1.94. The molecule has 0 radical (unpaired) electrons. The van der Waals surface area contributed by atoms with Crippen molar-refractivity contribution in [1.29, 1.82) is 0 Å². The van der Waals surface area contributed by atoms with Crippen LogP contribution < -0.4 is 4.72 Å². The predicted molar refractivity (Wildman–Crippen MR) is 66.2 cm³/mol. The van der Waals surface area contributed by atoms with Crippen molar-refractivity contribution in [1.82, 2.24) is 9.03 Å². The Bertz CT molecular complexity index is 421. The lowest BCUT2D eigenvalue weighted by atomic mass is 9.86. The molecule has 1 aliphatic heterocycles. The van der Waals surface area contributed by atoms with E-state index in [1.54, 1.807) is 0 Å². The molecule has 1 heterocycles. The van der Waals surface area contributed by atoms with Gasteiger partial charge in [0.25, 0.3) is 10.2 Å². The van der Waals surface area contributed by atoms with Crippen LogP contribution in [0.4, 0.5) is 13.2 Å². The minimum absolute atomic E-state index is 0.0826. The predicted octanol–water partition coefficient (Wildman–Crippen LogP) is 1.27. The number of nitrogens with one attached hydrogen (secondary N) is 1. The molecule has 20 heavy (non-hydrogen) atoms. The van der Waals surface area contributed by atoms with Crippen molar-refractivity contribution in [3.8, 4) is 0 Å². The summed E-state index contributed by atoms with van der Waals surface area (Å²) in [6, 6.07) is -0.636. The fourth-order valence-corrected chi connectivity index (χ4v) is 4.08. The number of nitrogens with zero attached hydrogens (tertiary/aromatic N) is 1. The SMILES string of the molecule is O=S(=O)(N[C@H]1CCC[C@@H](C(F)(F)F)C1)N1CCOCC1. The summed E-state index contributed by atoms with van der Waals surface area (Å²) in [5, 5.41) is 0. The first-order valence-electron chi connectivity index (χ1n) is 6.71. The van der Waals surface area contributed by atoms with Gasteiger partial charge in [0.1, 0.15) is 0 Å². The van der Waals surface area contributed by atoms with Crippen molar-refractivity contribution < 1.29 is 26.3 Å². The molecule has 2 rings (SSSR count). The third-order valence-electron chi connectivity index (χ3n) is 3.76. The van der Waals surface area contributed by atoms with Crippen LogP contribution in [0.1, 0.15) is 25.7 Å². The van der Waals surface area contributed by atoms with Crippen LogP contribution in [0.3, 0.4) is 0 Å². The van der Waals surface area contributed by atoms with E-state index in [0.717, 1.165) is 0 Å². The Kier molecular flexibility index (Phi) is 4.93. The highest BCUT2D eigenvalue weighted by Gasteiger charge is 2.43. The molecule has 2 aliphatic rings. The molecule has 9 heteroatoms. The lowest BCUT2D eigenvalue weighted by Gasteiger charge is -2.33. The largest absolute Gasteiger partial charge is 0.391 e. The number of morpholine rings is 1. The molecule has 0 aromatic rings. The van der Waals surface area contributed by atoms with Gasteiger partial charge in [-0.3, -0.25) is 0 Å². The monoisotopic (exact) mass is 316 g/mol. The third kappa shape index (κ3) is 4.06. The first-order valence-corrected chi connectivity index (χ1v) is 8.15. The molecule has 2 atom stereocenters. The number of hydrogen-bond acceptors (Lipinski definition) is 3. The Hall–Kier alpha value is -0.380. The number of alkyl halides is 3. The van der Waals surface area contributed by atoms with Crippen LogP contribution in [-0.4, -0.2) is 51.2 Å². The molecule has 0 bridgehead atoms. The zero-order valence-electron chi connectivity index (χ0n) is 11.0. The van der Waals surface area contributed by atoms with Crippen LogP contribution in [0.2, 0.25) is 0 Å². The van der Waals surface area contributed by atoms with Crippen LogP contribution in [-0.2, 0) is 14.9 Å². The van der Waals surface area contributed by atoms with E-state index in [9.17, 15) is 21.6 Å². The fraction of sp³-hybridized carbons (Fsp3) is 1.00. The maximum Gasteiger partial charge on any atom is 0.391 e. The topological polar surface area (TPSA) is 58.6 Å². The highest BCUT2D eigenvalue weighted by Crippen LogP contribution is 2.37. The summed E-state index contributed by atoms with van der Waals surface area (Å²) in [5.41, 5.74) is 0. The van der Waals surface area contributed by atoms with E-state index in [1.165, 1.54) is 4.31 Å². The Morgan fingerprint density at radius 2 is 1.80 bits per heavy atom. The molecule has 1 aliphatic carbocycles. The summed E-state index contributed by atoms with van der Waals surface area (Å²) in [7, 11) is -3.72. The molecule has 0 unspecified atom stereocenters. The maximum absolute atomic E-state index is 12.7. The second-order valence-corrected chi connectivity index (χ2v) is 6.94. The summed E-state index contributed by atoms with van der Waals surface area (Å²) >= 11 is 0. The van der Waals surface area contributed by atoms with Crippen molar-refractivity contribution in [2.45, 2.75) is 37.9 Å². The summed E-state index contributed by atoms with van der Waals surface area (Å²) in [6.45, 7) is 1.11. The third-order valence-corrected chi connectivity index (χ3v) is 5.44. The molecular weight excluding hydrogens is 297 g/mol. The van der Waals surface area contributed by atoms with Gasteiger partial charge in [-0.1, -0.05) is 6.42 Å². The van der Waals surface area contributed by atoms with Gasteiger partial charge in [-0.15, -0.1) is 0 Å². The number of rotatable bonds is 3. The van der Waals surface area contributed by atoms with E-state index in [2.05, 4.69) is 4.72 Å². The van der Waals surface area contributed by atoms with Crippen LogP contribution in [0.25, 0.3) is 0 Å². The molecule has 2 fully saturated rings. The molecule has 118 valence electrons. The Labute approximate surface area is 116 Å². The van der Waals surface area contributed by atoms with Gasteiger partial charge in [0.15, 0.2) is 0 Å². The molecule has 1 saturated heterocycles. The summed E-state index contributed by atoms with van der Waals surface area (Å²) in [4.78, 5) is 0. The van der Waals surface area contributed by atoms with Crippen LogP contribution in [0.5, 0.6) is 0 Å². The lowest BCUT2D eigenvalue weighted by Crippen LogP contribution is -2.51. The molecule has 0 aromatic heterocycles. The van der Waals surface area contributed by atoms with Gasteiger partial charge in [0, 0.05) is 19.1 Å². The summed E-state index contributed by atoms with van der Waals surface area (Å²) in [5.74, 6) is -1.41. The number of halogens is 3. The highest BCUT2D eigenvalue weighted by atomic mass is 32.2. The van der Waals surface area contributed by atoms with E-state index in [4.69, 9.17) is 4.74 Å². The molecule has 0 amide bonds. The van der Waals surface area contributed by atoms with Crippen LogP contribution >= 0.6 is 0 Å². The normalized spacial score (nSPS) is 30.4. The van der Waals surface area contributed by atoms with Crippen molar-refractivity contribution in [2.75, 3.05) is 26.3 Å². The Morgan fingerprint density at radius 3 is 2.40 bits per heavy atom. The van der Waals surface area contributed by atoms with Crippen LogP contribution in [0.15, 0.2) is 0 Å². The molecule has 5 nitrogen and oxygen atoms in total. The van der Waals surface area contributed by atoms with Gasteiger partial charge in [-0.05, 0) is 19.3 Å². The van der Waals surface area contributed by atoms with Crippen molar-refractivity contribution in [3.63, 3.8) is 0 Å². The molecule has 1 saturated carbocycles. The van der Waals surface area contributed by atoms with Crippen LogP contribution in [0, 0.1) is 5.92 Å². The van der Waals surface area contributed by atoms with E-state index >= 15 is 0 Å². The number of hydrogen-bond donors (Lipinski definition) is 1. The second kappa shape index (κ2) is 6.17. The van der Waals surface area contributed by atoms with Crippen molar-refractivity contribution in [2.24, 2.45) is 5.92 Å². The molecule has 1 N–H and O–H groups in total. The first kappa shape index (κ1) is 16.0. The van der Waals surface area contributed by atoms with E-state index in [1.807, 2.05) is 0 Å². The lowest BCUT2D eigenvalue weighted by molar-refractivity contribution is -0.183. The summed E-state index contributed by atoms with van der Waals surface area (Å²) in [6.07, 6.45) is -3.49. The average molecular weight is 316 g/mol. The van der Waals surface area contributed by atoms with E-state index in [-0.39, 0.29) is 25.9 Å². The van der Waals surface area contributed by atoms with Gasteiger partial charge < -0.3 is 4.74 Å². The molecule has 0 spiro atoms. The first-order chi connectivity index (χ1) is 9.29. The van der Waals surface area contributed by atoms with Gasteiger partial charge in [-0.25, -0.2) is 0 Å². The highest BCUT2D eigenvalue weighted by molar-refractivity contribution is 7.87. The zero-order valence-corrected chi connectivity index (χ0v) is 11.8. The maximum atomic E-state index is 12.7. The molecule has 0 aromatic carbocycles. The van der Waals surface area contributed by atoms with E-state index < -0.39 is 28.3 Å². The Morgan fingerprint density at radius 1 is 1.15 bits per heavy atom. The van der Waals surface area contributed by atoms with Crippen molar-refractivity contribution >= 4 is 10.2 Å². The quantitative estimate of drug-likeness (QED) is 0.853. The van der Waals surface area contributed by atoms with E-state index in [0.29, 0.717) is 26.1 Å². The van der Waals surface area contributed by atoms with Crippen molar-refractivity contribution in [3.05, 3.63) is 0 Å². The standard InChI is InChI=1S/C11H19F3N2O3S/c12-11(13,14)9-2-1-3-10(8-9)15-20(17,18)16-4-6-19-7-5-16/h9-10,15H,1-8H2/t9-,10+/m1/s1. The average Bonchev–Trinajstić information content (AvgIpc) is 2.38. The van der Waals surface area contributed by atoms with Gasteiger partial charge in [0.05, 0.1) is 19.1 Å². The molecular formula is C11H19F3N2O3S. The van der Waals surface area contributed by atoms with Gasteiger partial charge >= 0.3 is 6.18 Å². The van der Waals surface area contributed by atoms with Gasteiger partial charge in [-0.2, -0.15) is 30.6 Å². The minimum Gasteiger partial charge on any atom is -0.379 e. The second-order valence-electron chi connectivity index (χ2n) is 5.24. The summed E-state index contributed by atoms with van der Waals surface area (Å²) < 4.78 is 71.0. The van der Waals surface area contributed by atoms with Gasteiger partial charge in [0.2, 0.25) is 0 Å². The number of ether oxygens (including phenoxy) is 1.